The predicted octanol–water partition coefficient (Wildman–Crippen LogP) is 0.824. The number of aliphatic hydroxyl groups excluding tert-OH is 1. The van der Waals surface area contributed by atoms with Crippen molar-refractivity contribution in [2.45, 2.75) is 19.4 Å². The van der Waals surface area contributed by atoms with Gasteiger partial charge in [0.1, 0.15) is 6.04 Å². The molecular weight excluding hydrogens is 262 g/mol. The van der Waals surface area contributed by atoms with Crippen LogP contribution < -0.4 is 10.6 Å². The van der Waals surface area contributed by atoms with Gasteiger partial charge in [-0.15, -0.1) is 0 Å². The van der Waals surface area contributed by atoms with Gasteiger partial charge in [-0.2, -0.15) is 5.26 Å². The number of hydrogen-bond acceptors (Lipinski definition) is 4. The molecule has 0 fully saturated rings. The molecule has 0 bridgehead atoms. The van der Waals surface area contributed by atoms with Crippen LogP contribution in [-0.4, -0.2) is 34.9 Å². The number of aliphatic carboxylic acids is 1. The lowest BCUT2D eigenvalue weighted by molar-refractivity contribution is -0.139. The third kappa shape index (κ3) is 4.26. The first-order valence-electron chi connectivity index (χ1n) is 5.90. The molecule has 1 atom stereocenters. The Morgan fingerprint density at radius 1 is 1.45 bits per heavy atom. The third-order valence-electron chi connectivity index (χ3n) is 2.64. The fourth-order valence-electron chi connectivity index (χ4n) is 1.53. The number of carboxylic acids is 1. The summed E-state index contributed by atoms with van der Waals surface area (Å²) in [7, 11) is 0. The highest BCUT2D eigenvalue weighted by Crippen LogP contribution is 2.16. The summed E-state index contributed by atoms with van der Waals surface area (Å²) in [6, 6.07) is 4.87. The number of nitrogens with zero attached hydrogens (tertiary/aromatic N) is 1. The van der Waals surface area contributed by atoms with Gasteiger partial charge in [0.05, 0.1) is 11.6 Å². The van der Waals surface area contributed by atoms with Crippen molar-refractivity contribution < 1.29 is 19.8 Å². The lowest BCUT2D eigenvalue weighted by atomic mass is 10.1. The van der Waals surface area contributed by atoms with E-state index < -0.39 is 18.0 Å². The number of nitriles is 1. The number of rotatable bonds is 5. The average molecular weight is 277 g/mol. The van der Waals surface area contributed by atoms with Crippen molar-refractivity contribution >= 4 is 17.7 Å². The number of amides is 2. The second-order valence-electron chi connectivity index (χ2n) is 4.14. The number of benzene rings is 1. The van der Waals surface area contributed by atoms with Crippen LogP contribution in [0.15, 0.2) is 18.2 Å². The molecule has 1 rings (SSSR count). The van der Waals surface area contributed by atoms with Gasteiger partial charge in [-0.3, -0.25) is 0 Å². The van der Waals surface area contributed by atoms with Crippen molar-refractivity contribution in [2.24, 2.45) is 0 Å². The van der Waals surface area contributed by atoms with E-state index in [1.165, 1.54) is 6.07 Å². The largest absolute Gasteiger partial charge is 0.480 e. The number of urea groups is 1. The molecule has 4 N–H and O–H groups in total. The van der Waals surface area contributed by atoms with E-state index in [0.29, 0.717) is 11.3 Å². The van der Waals surface area contributed by atoms with Crippen LogP contribution in [0, 0.1) is 18.3 Å². The summed E-state index contributed by atoms with van der Waals surface area (Å²) in [6.45, 7) is 1.40. The summed E-state index contributed by atoms with van der Waals surface area (Å²) < 4.78 is 0. The highest BCUT2D eigenvalue weighted by Gasteiger charge is 2.19. The van der Waals surface area contributed by atoms with Crippen molar-refractivity contribution in [3.05, 3.63) is 29.3 Å². The Hall–Kier alpha value is -2.59. The van der Waals surface area contributed by atoms with Crippen LogP contribution in [0.4, 0.5) is 10.5 Å². The number of aryl methyl sites for hydroxylation is 1. The summed E-state index contributed by atoms with van der Waals surface area (Å²) in [6.07, 6.45) is -0.0834. The minimum atomic E-state index is -1.23. The van der Waals surface area contributed by atoms with Gasteiger partial charge in [-0.25, -0.2) is 9.59 Å². The number of carbonyl (C=O) groups is 2. The molecule has 0 heterocycles. The molecule has 0 aromatic heterocycles. The first kappa shape index (κ1) is 15.5. The molecule has 106 valence electrons. The van der Waals surface area contributed by atoms with Gasteiger partial charge in [0.2, 0.25) is 0 Å². The maximum atomic E-state index is 11.7. The number of anilines is 1. The van der Waals surface area contributed by atoms with Gasteiger partial charge in [-0.05, 0) is 24.6 Å². The zero-order valence-electron chi connectivity index (χ0n) is 10.9. The zero-order chi connectivity index (χ0) is 15.1. The quantitative estimate of drug-likeness (QED) is 0.634. The molecule has 0 spiro atoms. The van der Waals surface area contributed by atoms with Crippen molar-refractivity contribution in [1.29, 1.82) is 5.26 Å². The maximum absolute atomic E-state index is 11.7. The SMILES string of the molecule is Cc1ccc(C#N)cc1NC(=O)NC(CCO)C(=O)O. The lowest BCUT2D eigenvalue weighted by Crippen LogP contribution is -2.43. The van der Waals surface area contributed by atoms with Gasteiger partial charge in [0, 0.05) is 18.7 Å². The van der Waals surface area contributed by atoms with Crippen molar-refractivity contribution in [2.75, 3.05) is 11.9 Å². The Labute approximate surface area is 115 Å². The van der Waals surface area contributed by atoms with E-state index in [0.717, 1.165) is 5.56 Å². The van der Waals surface area contributed by atoms with Crippen LogP contribution in [0.1, 0.15) is 17.5 Å². The van der Waals surface area contributed by atoms with Crippen LogP contribution in [0.25, 0.3) is 0 Å². The first-order chi connectivity index (χ1) is 9.47. The molecule has 0 saturated heterocycles. The van der Waals surface area contributed by atoms with Crippen LogP contribution in [0.3, 0.4) is 0 Å². The Morgan fingerprint density at radius 2 is 2.15 bits per heavy atom. The number of carboxylic acid groups (broad SMARTS) is 1. The molecular formula is C13H15N3O4. The van der Waals surface area contributed by atoms with Gasteiger partial charge >= 0.3 is 12.0 Å². The van der Waals surface area contributed by atoms with Gasteiger partial charge in [0.15, 0.2) is 0 Å². The van der Waals surface area contributed by atoms with E-state index >= 15 is 0 Å². The van der Waals surface area contributed by atoms with Gasteiger partial charge in [0.25, 0.3) is 0 Å². The summed E-state index contributed by atoms with van der Waals surface area (Å²) in [5, 5.41) is 31.1. The van der Waals surface area contributed by atoms with E-state index in [-0.39, 0.29) is 13.0 Å². The molecule has 7 heteroatoms. The Morgan fingerprint density at radius 3 is 2.70 bits per heavy atom. The number of nitrogens with one attached hydrogen (secondary N) is 2. The van der Waals surface area contributed by atoms with Crippen LogP contribution in [-0.2, 0) is 4.79 Å². The van der Waals surface area contributed by atoms with Crippen molar-refractivity contribution in [3.8, 4) is 6.07 Å². The first-order valence-corrected chi connectivity index (χ1v) is 5.90. The van der Waals surface area contributed by atoms with Crippen LogP contribution >= 0.6 is 0 Å². The van der Waals surface area contributed by atoms with Gasteiger partial charge in [-0.1, -0.05) is 6.07 Å². The molecule has 0 radical (unpaired) electrons. The summed E-state index contributed by atoms with van der Waals surface area (Å²) in [5.74, 6) is -1.23. The standard InChI is InChI=1S/C13H15N3O4/c1-8-2-3-9(7-14)6-11(8)16-13(20)15-10(4-5-17)12(18)19/h2-3,6,10,17H,4-5H2,1H3,(H,18,19)(H2,15,16,20). The second kappa shape index (κ2) is 7.11. The molecule has 1 aromatic carbocycles. The highest BCUT2D eigenvalue weighted by atomic mass is 16.4. The molecule has 0 aliphatic carbocycles. The molecule has 7 nitrogen and oxygen atoms in total. The smallest absolute Gasteiger partial charge is 0.326 e. The van der Waals surface area contributed by atoms with E-state index in [4.69, 9.17) is 15.5 Å². The van der Waals surface area contributed by atoms with E-state index in [9.17, 15) is 9.59 Å². The highest BCUT2D eigenvalue weighted by molar-refractivity contribution is 5.93. The normalized spacial score (nSPS) is 11.2. The number of carbonyl (C=O) groups excluding carboxylic acids is 1. The molecule has 1 unspecified atom stereocenters. The molecule has 1 aromatic rings. The maximum Gasteiger partial charge on any atom is 0.326 e. The minimum absolute atomic E-state index is 0.0834. The summed E-state index contributed by atoms with van der Waals surface area (Å²) in [5.41, 5.74) is 1.55. The lowest BCUT2D eigenvalue weighted by Gasteiger charge is -2.15. The molecule has 0 aliphatic heterocycles. The summed E-state index contributed by atoms with van der Waals surface area (Å²) >= 11 is 0. The molecule has 2 amide bonds. The fourth-order valence-corrected chi connectivity index (χ4v) is 1.53. The molecule has 0 saturated carbocycles. The van der Waals surface area contributed by atoms with Gasteiger partial charge < -0.3 is 20.8 Å². The monoisotopic (exact) mass is 277 g/mol. The Balaban J connectivity index is 2.75. The summed E-state index contributed by atoms with van der Waals surface area (Å²) in [4.78, 5) is 22.6. The van der Waals surface area contributed by atoms with E-state index in [2.05, 4.69) is 10.6 Å². The average Bonchev–Trinajstić information content (AvgIpc) is 2.40. The van der Waals surface area contributed by atoms with E-state index in [1.807, 2.05) is 6.07 Å². The zero-order valence-corrected chi connectivity index (χ0v) is 10.9. The molecule has 20 heavy (non-hydrogen) atoms. The van der Waals surface area contributed by atoms with Crippen molar-refractivity contribution in [1.82, 2.24) is 5.32 Å². The van der Waals surface area contributed by atoms with Crippen molar-refractivity contribution in [3.63, 3.8) is 0 Å². The number of hydrogen-bond donors (Lipinski definition) is 4. The minimum Gasteiger partial charge on any atom is -0.480 e. The van der Waals surface area contributed by atoms with Crippen LogP contribution in [0.5, 0.6) is 0 Å². The van der Waals surface area contributed by atoms with E-state index in [1.54, 1.807) is 19.1 Å². The topological polar surface area (TPSA) is 122 Å². The predicted molar refractivity (Wildman–Crippen MR) is 71.2 cm³/mol. The number of aliphatic hydroxyl groups is 1. The molecule has 0 aliphatic rings. The second-order valence-corrected chi connectivity index (χ2v) is 4.14. The fraction of sp³-hybridized carbons (Fsp3) is 0.308. The third-order valence-corrected chi connectivity index (χ3v) is 2.64. The Kier molecular flexibility index (Phi) is 5.50. The Bertz CT molecular complexity index is 551. The van der Waals surface area contributed by atoms with Crippen LogP contribution in [0.2, 0.25) is 0 Å².